The van der Waals surface area contributed by atoms with Gasteiger partial charge in [-0.15, -0.1) is 0 Å². The first-order chi connectivity index (χ1) is 8.69. The van der Waals surface area contributed by atoms with Gasteiger partial charge < -0.3 is 14.8 Å². The van der Waals surface area contributed by atoms with Crippen molar-refractivity contribution in [2.75, 3.05) is 27.0 Å². The van der Waals surface area contributed by atoms with Crippen LogP contribution in [0.25, 0.3) is 0 Å². The molecule has 1 N–H and O–H groups in total. The van der Waals surface area contributed by atoms with Gasteiger partial charge in [-0.05, 0) is 36.9 Å². The van der Waals surface area contributed by atoms with E-state index in [0.717, 1.165) is 24.6 Å². The maximum atomic E-state index is 5.25. The number of hydrogen-bond acceptors (Lipinski definition) is 4. The minimum atomic E-state index is 0.706. The van der Waals surface area contributed by atoms with Gasteiger partial charge in [0.05, 0.1) is 14.2 Å². The SMILES string of the molecule is COc1cc(CNCCC(C)SC)cc(OC)c1. The van der Waals surface area contributed by atoms with Crippen molar-refractivity contribution in [3.8, 4) is 11.5 Å². The lowest BCUT2D eigenvalue weighted by Crippen LogP contribution is -2.17. The number of rotatable bonds is 8. The van der Waals surface area contributed by atoms with Gasteiger partial charge in [0.1, 0.15) is 11.5 Å². The first kappa shape index (κ1) is 15.2. The third-order valence-electron chi connectivity index (χ3n) is 2.87. The Morgan fingerprint density at radius 3 is 2.28 bits per heavy atom. The number of methoxy groups -OCH3 is 2. The molecule has 0 aliphatic heterocycles. The Labute approximate surface area is 114 Å². The number of thioether (sulfide) groups is 1. The second kappa shape index (κ2) is 8.27. The number of nitrogens with one attached hydrogen (secondary N) is 1. The van der Waals surface area contributed by atoms with Gasteiger partial charge in [0.25, 0.3) is 0 Å². The van der Waals surface area contributed by atoms with Crippen molar-refractivity contribution in [2.24, 2.45) is 0 Å². The van der Waals surface area contributed by atoms with Crippen LogP contribution in [0.4, 0.5) is 0 Å². The molecule has 18 heavy (non-hydrogen) atoms. The van der Waals surface area contributed by atoms with E-state index < -0.39 is 0 Å². The van der Waals surface area contributed by atoms with E-state index in [0.29, 0.717) is 5.25 Å². The van der Waals surface area contributed by atoms with E-state index in [9.17, 15) is 0 Å². The van der Waals surface area contributed by atoms with Gasteiger partial charge in [-0.1, -0.05) is 6.92 Å². The standard InChI is InChI=1S/C14H23NO2S/c1-11(18-4)5-6-15-10-12-7-13(16-2)9-14(8-12)17-3/h7-9,11,15H,5-6,10H2,1-4H3. The molecule has 0 aliphatic carbocycles. The van der Waals surface area contributed by atoms with Crippen LogP contribution in [-0.4, -0.2) is 32.3 Å². The Hall–Kier alpha value is -0.870. The minimum Gasteiger partial charge on any atom is -0.497 e. The van der Waals surface area contributed by atoms with Crippen LogP contribution in [0.1, 0.15) is 18.9 Å². The maximum Gasteiger partial charge on any atom is 0.122 e. The van der Waals surface area contributed by atoms with Gasteiger partial charge in [0.15, 0.2) is 0 Å². The Kier molecular flexibility index (Phi) is 6.98. The fourth-order valence-electron chi connectivity index (χ4n) is 1.62. The quantitative estimate of drug-likeness (QED) is 0.735. The fraction of sp³-hybridized carbons (Fsp3) is 0.571. The van der Waals surface area contributed by atoms with Gasteiger partial charge in [-0.2, -0.15) is 11.8 Å². The second-order valence-corrected chi connectivity index (χ2v) is 5.51. The molecular weight excluding hydrogens is 246 g/mol. The molecule has 1 unspecified atom stereocenters. The Balaban J connectivity index is 2.46. The maximum absolute atomic E-state index is 5.25. The number of benzene rings is 1. The van der Waals surface area contributed by atoms with E-state index in [1.807, 2.05) is 30.0 Å². The van der Waals surface area contributed by atoms with Crippen molar-refractivity contribution >= 4 is 11.8 Å². The predicted octanol–water partition coefficient (Wildman–Crippen LogP) is 2.94. The average molecular weight is 269 g/mol. The smallest absolute Gasteiger partial charge is 0.122 e. The second-order valence-electron chi connectivity index (χ2n) is 4.23. The average Bonchev–Trinajstić information content (AvgIpc) is 2.42. The summed E-state index contributed by atoms with van der Waals surface area (Å²) in [5.41, 5.74) is 1.18. The summed E-state index contributed by atoms with van der Waals surface area (Å²) >= 11 is 1.90. The monoisotopic (exact) mass is 269 g/mol. The van der Waals surface area contributed by atoms with E-state index in [4.69, 9.17) is 9.47 Å². The molecule has 1 aromatic carbocycles. The summed E-state index contributed by atoms with van der Waals surface area (Å²) in [5.74, 6) is 1.67. The summed E-state index contributed by atoms with van der Waals surface area (Å²) in [6.45, 7) is 4.12. The molecule has 0 amide bonds. The van der Waals surface area contributed by atoms with Crippen LogP contribution in [0.2, 0.25) is 0 Å². The third kappa shape index (κ3) is 5.19. The van der Waals surface area contributed by atoms with E-state index in [-0.39, 0.29) is 0 Å². The molecule has 0 heterocycles. The number of ether oxygens (including phenoxy) is 2. The largest absolute Gasteiger partial charge is 0.497 e. The molecule has 0 radical (unpaired) electrons. The molecule has 0 saturated heterocycles. The fourth-order valence-corrected chi connectivity index (χ4v) is 1.98. The molecule has 4 heteroatoms. The van der Waals surface area contributed by atoms with Crippen molar-refractivity contribution in [2.45, 2.75) is 25.1 Å². The van der Waals surface area contributed by atoms with Gasteiger partial charge in [-0.3, -0.25) is 0 Å². The van der Waals surface area contributed by atoms with Crippen molar-refractivity contribution in [1.82, 2.24) is 5.32 Å². The zero-order chi connectivity index (χ0) is 13.4. The minimum absolute atomic E-state index is 0.706. The molecule has 0 spiro atoms. The molecule has 0 aromatic heterocycles. The van der Waals surface area contributed by atoms with E-state index in [1.54, 1.807) is 14.2 Å². The van der Waals surface area contributed by atoms with Crippen molar-refractivity contribution in [1.29, 1.82) is 0 Å². The Morgan fingerprint density at radius 2 is 1.78 bits per heavy atom. The van der Waals surface area contributed by atoms with Crippen molar-refractivity contribution in [3.05, 3.63) is 23.8 Å². The summed E-state index contributed by atoms with van der Waals surface area (Å²) in [6, 6.07) is 5.96. The molecule has 0 bridgehead atoms. The zero-order valence-electron chi connectivity index (χ0n) is 11.7. The summed E-state index contributed by atoms with van der Waals surface area (Å²) in [4.78, 5) is 0. The lowest BCUT2D eigenvalue weighted by Gasteiger charge is -2.11. The van der Waals surface area contributed by atoms with Crippen molar-refractivity contribution < 1.29 is 9.47 Å². The van der Waals surface area contributed by atoms with Crippen LogP contribution in [0, 0.1) is 0 Å². The van der Waals surface area contributed by atoms with Crippen LogP contribution in [-0.2, 0) is 6.54 Å². The molecular formula is C14H23NO2S. The van der Waals surface area contributed by atoms with Gasteiger partial charge in [-0.25, -0.2) is 0 Å². The molecule has 3 nitrogen and oxygen atoms in total. The normalized spacial score (nSPS) is 12.2. The van der Waals surface area contributed by atoms with E-state index in [2.05, 4.69) is 18.5 Å². The van der Waals surface area contributed by atoms with Gasteiger partial charge >= 0.3 is 0 Å². The lowest BCUT2D eigenvalue weighted by atomic mass is 10.2. The topological polar surface area (TPSA) is 30.5 Å². The molecule has 1 atom stereocenters. The predicted molar refractivity (Wildman–Crippen MR) is 78.8 cm³/mol. The summed E-state index contributed by atoms with van der Waals surface area (Å²) < 4.78 is 10.5. The molecule has 102 valence electrons. The highest BCUT2D eigenvalue weighted by atomic mass is 32.2. The van der Waals surface area contributed by atoms with Gasteiger partial charge in [0.2, 0.25) is 0 Å². The summed E-state index contributed by atoms with van der Waals surface area (Å²) in [7, 11) is 3.35. The van der Waals surface area contributed by atoms with Gasteiger partial charge in [0, 0.05) is 17.9 Å². The van der Waals surface area contributed by atoms with Crippen LogP contribution < -0.4 is 14.8 Å². The zero-order valence-corrected chi connectivity index (χ0v) is 12.5. The summed E-state index contributed by atoms with van der Waals surface area (Å²) in [6.07, 6.45) is 3.33. The Morgan fingerprint density at radius 1 is 1.17 bits per heavy atom. The lowest BCUT2D eigenvalue weighted by molar-refractivity contribution is 0.393. The first-order valence-corrected chi connectivity index (χ1v) is 7.43. The molecule has 0 saturated carbocycles. The highest BCUT2D eigenvalue weighted by Crippen LogP contribution is 2.22. The molecule has 1 aromatic rings. The van der Waals surface area contributed by atoms with E-state index in [1.165, 1.54) is 12.0 Å². The number of hydrogen-bond donors (Lipinski definition) is 1. The van der Waals surface area contributed by atoms with Crippen LogP contribution >= 0.6 is 11.8 Å². The molecule has 0 aliphatic rings. The summed E-state index contributed by atoms with van der Waals surface area (Å²) in [5, 5.41) is 4.15. The van der Waals surface area contributed by atoms with Crippen LogP contribution in [0.15, 0.2) is 18.2 Å². The first-order valence-electron chi connectivity index (χ1n) is 6.15. The highest BCUT2D eigenvalue weighted by molar-refractivity contribution is 7.99. The van der Waals surface area contributed by atoms with Crippen molar-refractivity contribution in [3.63, 3.8) is 0 Å². The Bertz CT molecular complexity index is 335. The highest BCUT2D eigenvalue weighted by Gasteiger charge is 2.02. The van der Waals surface area contributed by atoms with Crippen LogP contribution in [0.5, 0.6) is 11.5 Å². The third-order valence-corrected chi connectivity index (χ3v) is 3.91. The molecule has 0 fully saturated rings. The molecule has 1 rings (SSSR count). The van der Waals surface area contributed by atoms with Crippen LogP contribution in [0.3, 0.4) is 0 Å². The van der Waals surface area contributed by atoms with E-state index >= 15 is 0 Å².